The lowest BCUT2D eigenvalue weighted by atomic mass is 10.1. The number of carbonyl (C=O) groups excluding carboxylic acids is 2. The van der Waals surface area contributed by atoms with E-state index in [1.165, 1.54) is 7.11 Å². The number of hydrogen-bond donors (Lipinski definition) is 4. The zero-order chi connectivity index (χ0) is 29.0. The van der Waals surface area contributed by atoms with Crippen molar-refractivity contribution in [2.24, 2.45) is 5.73 Å². The third-order valence-corrected chi connectivity index (χ3v) is 5.75. The number of carbonyl (C=O) groups is 3. The molecular weight excluding hydrogens is 556 g/mol. The SMILES string of the molecule is COC(=O)c1ccc([C@H](C)NC(=O)c2cc(C(=O)O)n3nc(N)nc3n2)cc1.Cc1nc2cc(CN)ccc2o1.Cl. The zero-order valence-corrected chi connectivity index (χ0v) is 23.0. The Bertz CT molecular complexity index is 1720. The number of ether oxygens (including phenoxy) is 1. The smallest absolute Gasteiger partial charge is 0.354 e. The molecule has 15 heteroatoms. The maximum atomic E-state index is 12.5. The molecule has 0 saturated carbocycles. The number of oxazole rings is 1. The highest BCUT2D eigenvalue weighted by atomic mass is 35.5. The molecule has 1 amide bonds. The number of amides is 1. The summed E-state index contributed by atoms with van der Waals surface area (Å²) in [6, 6.07) is 13.0. The Labute approximate surface area is 239 Å². The van der Waals surface area contributed by atoms with Gasteiger partial charge in [0.25, 0.3) is 11.7 Å². The molecular formula is C26H27ClN8O6. The number of carboxylic acid groups (broad SMARTS) is 1. The van der Waals surface area contributed by atoms with Gasteiger partial charge >= 0.3 is 11.9 Å². The molecule has 1 atom stereocenters. The minimum Gasteiger partial charge on any atom is -0.477 e. The lowest BCUT2D eigenvalue weighted by Gasteiger charge is -2.14. The van der Waals surface area contributed by atoms with Gasteiger partial charge in [-0.15, -0.1) is 17.5 Å². The molecule has 3 aromatic heterocycles. The Kier molecular flexibility index (Phi) is 9.55. The number of carboxylic acids is 1. The van der Waals surface area contributed by atoms with Crippen molar-refractivity contribution in [2.45, 2.75) is 26.4 Å². The van der Waals surface area contributed by atoms with E-state index < -0.39 is 23.9 Å². The standard InChI is InChI=1S/C17H16N6O5.C9H10N2O.ClH/c1-8(9-3-5-10(6-4-9)15(27)28-2)19-13(24)11-7-12(14(25)26)23-17(20-11)21-16(18)22-23;1-6-11-8-4-7(5-10)2-3-9(8)12-6;/h3-8H,1-2H3,(H2,18,22)(H,19,24)(H,25,26);2-4H,5,10H2,1H3;1H/t8-;;/m0../s1. The highest BCUT2D eigenvalue weighted by Gasteiger charge is 2.20. The summed E-state index contributed by atoms with van der Waals surface area (Å²) < 4.78 is 10.9. The van der Waals surface area contributed by atoms with Gasteiger partial charge < -0.3 is 31.0 Å². The molecule has 5 aromatic rings. The van der Waals surface area contributed by atoms with Crippen molar-refractivity contribution in [3.8, 4) is 0 Å². The summed E-state index contributed by atoms with van der Waals surface area (Å²) in [7, 11) is 1.29. The van der Waals surface area contributed by atoms with Gasteiger partial charge in [0, 0.05) is 19.5 Å². The van der Waals surface area contributed by atoms with E-state index in [0.29, 0.717) is 18.0 Å². The lowest BCUT2D eigenvalue weighted by Crippen LogP contribution is -2.28. The Morgan fingerprint density at radius 3 is 2.44 bits per heavy atom. The molecule has 0 aliphatic carbocycles. The molecule has 0 radical (unpaired) electrons. The van der Waals surface area contributed by atoms with Crippen LogP contribution >= 0.6 is 12.4 Å². The monoisotopic (exact) mass is 582 g/mol. The van der Waals surface area contributed by atoms with Crippen LogP contribution in [0.1, 0.15) is 61.3 Å². The van der Waals surface area contributed by atoms with Crippen LogP contribution in [0.15, 0.2) is 52.9 Å². The van der Waals surface area contributed by atoms with Gasteiger partial charge in [0.1, 0.15) is 11.2 Å². The number of aromatic nitrogens is 5. The molecule has 0 saturated heterocycles. The van der Waals surface area contributed by atoms with Crippen molar-refractivity contribution in [3.05, 3.63) is 82.5 Å². The fraction of sp³-hybridized carbons (Fsp3) is 0.192. The molecule has 5 rings (SSSR count). The first-order valence-electron chi connectivity index (χ1n) is 11.9. The second-order valence-corrected chi connectivity index (χ2v) is 8.56. The minimum absolute atomic E-state index is 0. The van der Waals surface area contributed by atoms with Crippen LogP contribution in [0, 0.1) is 6.92 Å². The summed E-state index contributed by atoms with van der Waals surface area (Å²) in [5.74, 6) is -1.94. The molecule has 0 fully saturated rings. The maximum absolute atomic E-state index is 12.5. The van der Waals surface area contributed by atoms with Gasteiger partial charge in [0.2, 0.25) is 5.95 Å². The number of esters is 1. The number of aromatic carboxylic acids is 1. The summed E-state index contributed by atoms with van der Waals surface area (Å²) in [4.78, 5) is 47.5. The number of methoxy groups -OCH3 is 1. The zero-order valence-electron chi connectivity index (χ0n) is 22.2. The summed E-state index contributed by atoms with van der Waals surface area (Å²) in [6.45, 7) is 4.11. The molecule has 41 heavy (non-hydrogen) atoms. The van der Waals surface area contributed by atoms with Gasteiger partial charge in [-0.25, -0.2) is 19.6 Å². The molecule has 6 N–H and O–H groups in total. The number of nitrogen functional groups attached to an aromatic ring is 1. The van der Waals surface area contributed by atoms with Crippen molar-refractivity contribution < 1.29 is 28.6 Å². The van der Waals surface area contributed by atoms with Crippen LogP contribution in [-0.2, 0) is 11.3 Å². The maximum Gasteiger partial charge on any atom is 0.354 e. The Hall–Kier alpha value is -5.08. The van der Waals surface area contributed by atoms with Crippen molar-refractivity contribution in [1.82, 2.24) is 29.9 Å². The van der Waals surface area contributed by atoms with E-state index in [0.717, 1.165) is 32.8 Å². The topological polar surface area (TPSA) is 214 Å². The molecule has 3 heterocycles. The second-order valence-electron chi connectivity index (χ2n) is 8.56. The minimum atomic E-state index is -1.31. The van der Waals surface area contributed by atoms with E-state index in [9.17, 15) is 19.5 Å². The average Bonchev–Trinajstić information content (AvgIpc) is 3.51. The van der Waals surface area contributed by atoms with Gasteiger partial charge in [-0.3, -0.25) is 4.79 Å². The molecule has 0 bridgehead atoms. The Balaban J connectivity index is 0.000000296. The quantitative estimate of drug-likeness (QED) is 0.213. The van der Waals surface area contributed by atoms with E-state index in [2.05, 4.69) is 30.1 Å². The largest absolute Gasteiger partial charge is 0.477 e. The number of rotatable bonds is 6. The molecule has 0 aliphatic rings. The summed E-state index contributed by atoms with van der Waals surface area (Å²) in [5.41, 5.74) is 14.4. The van der Waals surface area contributed by atoms with Crippen LogP contribution in [-0.4, -0.2) is 54.6 Å². The van der Waals surface area contributed by atoms with Gasteiger partial charge in [-0.2, -0.15) is 9.50 Å². The normalized spacial score (nSPS) is 11.2. The first-order chi connectivity index (χ1) is 19.1. The number of hydrogen-bond acceptors (Lipinski definition) is 11. The van der Waals surface area contributed by atoms with E-state index >= 15 is 0 Å². The molecule has 2 aromatic carbocycles. The summed E-state index contributed by atoms with van der Waals surface area (Å²) in [5, 5.41) is 15.8. The first kappa shape index (κ1) is 30.5. The van der Waals surface area contributed by atoms with E-state index in [1.54, 1.807) is 31.2 Å². The van der Waals surface area contributed by atoms with E-state index in [-0.39, 0.29) is 35.5 Å². The molecule has 214 valence electrons. The fourth-order valence-corrected chi connectivity index (χ4v) is 3.75. The Morgan fingerprint density at radius 1 is 1.10 bits per heavy atom. The van der Waals surface area contributed by atoms with Crippen molar-refractivity contribution in [2.75, 3.05) is 12.8 Å². The van der Waals surface area contributed by atoms with Crippen molar-refractivity contribution in [3.63, 3.8) is 0 Å². The summed E-state index contributed by atoms with van der Waals surface area (Å²) >= 11 is 0. The number of nitrogens with one attached hydrogen (secondary N) is 1. The molecule has 0 aliphatic heterocycles. The van der Waals surface area contributed by atoms with Crippen LogP contribution in [0.25, 0.3) is 16.9 Å². The number of benzene rings is 2. The van der Waals surface area contributed by atoms with Gasteiger partial charge in [-0.05, 0) is 42.3 Å². The number of anilines is 1. The Morgan fingerprint density at radius 2 is 1.80 bits per heavy atom. The van der Waals surface area contributed by atoms with E-state index in [1.807, 2.05) is 25.1 Å². The number of nitrogens with zero attached hydrogens (tertiary/aromatic N) is 5. The van der Waals surface area contributed by atoms with Crippen LogP contribution in [0.4, 0.5) is 5.95 Å². The number of halogens is 1. The fourth-order valence-electron chi connectivity index (χ4n) is 3.75. The van der Waals surface area contributed by atoms with Gasteiger partial charge in [-0.1, -0.05) is 18.2 Å². The molecule has 14 nitrogen and oxygen atoms in total. The van der Waals surface area contributed by atoms with Crippen LogP contribution in [0.3, 0.4) is 0 Å². The molecule has 0 spiro atoms. The van der Waals surface area contributed by atoms with Gasteiger partial charge in [0.15, 0.2) is 17.2 Å². The number of nitrogens with two attached hydrogens (primary N) is 2. The third kappa shape index (κ3) is 6.93. The second kappa shape index (κ2) is 12.8. The number of aryl methyl sites for hydroxylation is 1. The summed E-state index contributed by atoms with van der Waals surface area (Å²) in [6.07, 6.45) is 0. The van der Waals surface area contributed by atoms with E-state index in [4.69, 9.17) is 15.9 Å². The van der Waals surface area contributed by atoms with Crippen LogP contribution in [0.2, 0.25) is 0 Å². The predicted molar refractivity (Wildman–Crippen MR) is 150 cm³/mol. The van der Waals surface area contributed by atoms with Crippen molar-refractivity contribution in [1.29, 1.82) is 0 Å². The third-order valence-electron chi connectivity index (χ3n) is 5.75. The average molecular weight is 583 g/mol. The van der Waals surface area contributed by atoms with Crippen LogP contribution < -0.4 is 16.8 Å². The van der Waals surface area contributed by atoms with Crippen LogP contribution in [0.5, 0.6) is 0 Å². The predicted octanol–water partition coefficient (Wildman–Crippen LogP) is 2.70. The van der Waals surface area contributed by atoms with Gasteiger partial charge in [0.05, 0.1) is 18.7 Å². The van der Waals surface area contributed by atoms with Crippen molar-refractivity contribution >= 4 is 53.1 Å². The lowest BCUT2D eigenvalue weighted by molar-refractivity contribution is 0.0599. The molecule has 0 unspecified atom stereocenters. The highest BCUT2D eigenvalue weighted by molar-refractivity contribution is 5.96. The first-order valence-corrected chi connectivity index (χ1v) is 11.9. The highest BCUT2D eigenvalue weighted by Crippen LogP contribution is 2.17. The number of fused-ring (bicyclic) bond motifs is 2.